The number of nitrogens with one attached hydrogen (secondary N) is 1. The van der Waals surface area contributed by atoms with E-state index in [0.29, 0.717) is 6.29 Å². The lowest BCUT2D eigenvalue weighted by Gasteiger charge is -2.13. The number of carboxylic acid groups (broad SMARTS) is 2. The molecule has 0 radical (unpaired) electrons. The molecule has 3 N–H and O–H groups in total. The van der Waals surface area contributed by atoms with Crippen LogP contribution in [-0.4, -0.2) is 40.4 Å². The van der Waals surface area contributed by atoms with Gasteiger partial charge in [-0.25, -0.2) is 4.79 Å². The monoisotopic (exact) mass is 259 g/mol. The summed E-state index contributed by atoms with van der Waals surface area (Å²) in [5.74, 6) is -3.40. The summed E-state index contributed by atoms with van der Waals surface area (Å²) >= 11 is 0. The van der Waals surface area contributed by atoms with Crippen LogP contribution in [0, 0.1) is 5.92 Å². The Hall–Kier alpha value is -1.92. The molecule has 0 aliphatic rings. The first-order chi connectivity index (χ1) is 8.38. The maximum Gasteiger partial charge on any atom is 0.326 e. The number of carbonyl (C=O) groups excluding carboxylic acids is 2. The molecule has 0 unspecified atom stereocenters. The Labute approximate surface area is 104 Å². The lowest BCUT2D eigenvalue weighted by Crippen LogP contribution is -2.40. The van der Waals surface area contributed by atoms with Crippen molar-refractivity contribution in [3.8, 4) is 0 Å². The summed E-state index contributed by atoms with van der Waals surface area (Å²) in [6, 6.07) is -1.11. The maximum atomic E-state index is 11.4. The van der Waals surface area contributed by atoms with E-state index in [9.17, 15) is 19.2 Å². The molecule has 0 aliphatic carbocycles. The molecule has 0 aromatic rings. The second-order valence-electron chi connectivity index (χ2n) is 3.98. The van der Waals surface area contributed by atoms with Crippen molar-refractivity contribution in [2.45, 2.75) is 38.6 Å². The minimum Gasteiger partial charge on any atom is -0.481 e. The Morgan fingerprint density at radius 3 is 2.22 bits per heavy atom. The Morgan fingerprint density at radius 1 is 1.17 bits per heavy atom. The minimum atomic E-state index is -1.21. The van der Waals surface area contributed by atoms with E-state index in [0.717, 1.165) is 0 Å². The van der Waals surface area contributed by atoms with Crippen LogP contribution < -0.4 is 5.32 Å². The number of hydrogen-bond acceptors (Lipinski definition) is 4. The summed E-state index contributed by atoms with van der Waals surface area (Å²) in [6.07, 6.45) is 0.732. The zero-order valence-electron chi connectivity index (χ0n) is 10.1. The highest BCUT2D eigenvalue weighted by molar-refractivity contribution is 5.84. The van der Waals surface area contributed by atoms with Crippen molar-refractivity contribution in [3.05, 3.63) is 0 Å². The van der Waals surface area contributed by atoms with Crippen molar-refractivity contribution >= 4 is 24.1 Å². The van der Waals surface area contributed by atoms with E-state index in [1.54, 1.807) is 0 Å². The van der Waals surface area contributed by atoms with E-state index >= 15 is 0 Å². The SMILES string of the molecule is C[C@@H](CCC(=O)N[C@H](CCC=O)C(=O)O)C(=O)O. The van der Waals surface area contributed by atoms with Gasteiger partial charge < -0.3 is 20.3 Å². The lowest BCUT2D eigenvalue weighted by molar-refractivity contribution is -0.143. The number of hydrogen-bond donors (Lipinski definition) is 3. The van der Waals surface area contributed by atoms with Crippen molar-refractivity contribution in [2.75, 3.05) is 0 Å². The topological polar surface area (TPSA) is 121 Å². The molecule has 0 aliphatic heterocycles. The number of aldehydes is 1. The molecular weight excluding hydrogens is 242 g/mol. The van der Waals surface area contributed by atoms with Gasteiger partial charge in [0.1, 0.15) is 12.3 Å². The van der Waals surface area contributed by atoms with Gasteiger partial charge >= 0.3 is 11.9 Å². The van der Waals surface area contributed by atoms with Gasteiger partial charge in [-0.15, -0.1) is 0 Å². The van der Waals surface area contributed by atoms with Crippen molar-refractivity contribution in [3.63, 3.8) is 0 Å². The molecule has 102 valence electrons. The molecule has 2 atom stereocenters. The van der Waals surface area contributed by atoms with Gasteiger partial charge in [0, 0.05) is 12.8 Å². The molecule has 0 saturated heterocycles. The van der Waals surface area contributed by atoms with Crippen molar-refractivity contribution < 1.29 is 29.4 Å². The first kappa shape index (κ1) is 16.1. The van der Waals surface area contributed by atoms with Gasteiger partial charge in [-0.2, -0.15) is 0 Å². The summed E-state index contributed by atoms with van der Waals surface area (Å²) in [5.41, 5.74) is 0. The van der Waals surface area contributed by atoms with Crippen LogP contribution in [0.15, 0.2) is 0 Å². The number of carboxylic acids is 2. The first-order valence-corrected chi connectivity index (χ1v) is 5.57. The smallest absolute Gasteiger partial charge is 0.326 e. The van der Waals surface area contributed by atoms with E-state index in [1.165, 1.54) is 6.92 Å². The third-order valence-electron chi connectivity index (χ3n) is 2.43. The molecule has 0 bridgehead atoms. The fourth-order valence-corrected chi connectivity index (χ4v) is 1.23. The van der Waals surface area contributed by atoms with E-state index < -0.39 is 29.8 Å². The number of carbonyl (C=O) groups is 4. The van der Waals surface area contributed by atoms with E-state index in [-0.39, 0.29) is 25.7 Å². The van der Waals surface area contributed by atoms with Crippen LogP contribution in [0.2, 0.25) is 0 Å². The summed E-state index contributed by atoms with van der Waals surface area (Å²) in [5, 5.41) is 19.7. The summed E-state index contributed by atoms with van der Waals surface area (Å²) in [7, 11) is 0. The molecule has 7 nitrogen and oxygen atoms in total. The van der Waals surface area contributed by atoms with Crippen LogP contribution in [0.4, 0.5) is 0 Å². The third-order valence-corrected chi connectivity index (χ3v) is 2.43. The molecule has 0 heterocycles. The van der Waals surface area contributed by atoms with Crippen LogP contribution in [-0.2, 0) is 19.2 Å². The molecule has 0 aromatic heterocycles. The van der Waals surface area contributed by atoms with E-state index in [1.807, 2.05) is 0 Å². The quantitative estimate of drug-likeness (QED) is 0.502. The van der Waals surface area contributed by atoms with Crippen molar-refractivity contribution in [1.29, 1.82) is 0 Å². The molecule has 0 rings (SSSR count). The van der Waals surface area contributed by atoms with Crippen LogP contribution in [0.3, 0.4) is 0 Å². The van der Waals surface area contributed by atoms with Crippen molar-refractivity contribution in [1.82, 2.24) is 5.32 Å². The lowest BCUT2D eigenvalue weighted by atomic mass is 10.1. The highest BCUT2D eigenvalue weighted by Crippen LogP contribution is 2.06. The van der Waals surface area contributed by atoms with Crippen LogP contribution in [0.1, 0.15) is 32.6 Å². The third kappa shape index (κ3) is 6.62. The summed E-state index contributed by atoms with van der Waals surface area (Å²) in [6.45, 7) is 1.47. The highest BCUT2D eigenvalue weighted by Gasteiger charge is 2.20. The van der Waals surface area contributed by atoms with Gasteiger partial charge in [-0.3, -0.25) is 9.59 Å². The molecule has 0 saturated carbocycles. The van der Waals surface area contributed by atoms with Gasteiger partial charge in [-0.05, 0) is 12.8 Å². The summed E-state index contributed by atoms with van der Waals surface area (Å²) < 4.78 is 0. The Bertz CT molecular complexity index is 327. The van der Waals surface area contributed by atoms with E-state index in [2.05, 4.69) is 5.32 Å². The van der Waals surface area contributed by atoms with Gasteiger partial charge in [0.05, 0.1) is 5.92 Å². The molecule has 18 heavy (non-hydrogen) atoms. The molecular formula is C11H17NO6. The normalized spacial score (nSPS) is 13.4. The summed E-state index contributed by atoms with van der Waals surface area (Å²) in [4.78, 5) is 42.8. The Kier molecular flexibility index (Phi) is 7.34. The average Bonchev–Trinajstić information content (AvgIpc) is 2.30. The van der Waals surface area contributed by atoms with Crippen molar-refractivity contribution in [2.24, 2.45) is 5.92 Å². The molecule has 1 amide bonds. The predicted molar refractivity (Wildman–Crippen MR) is 60.9 cm³/mol. The molecule has 7 heteroatoms. The Morgan fingerprint density at radius 2 is 1.78 bits per heavy atom. The fraction of sp³-hybridized carbons (Fsp3) is 0.636. The van der Waals surface area contributed by atoms with Crippen LogP contribution >= 0.6 is 0 Å². The maximum absolute atomic E-state index is 11.4. The van der Waals surface area contributed by atoms with E-state index in [4.69, 9.17) is 10.2 Å². The standard InChI is InChI=1S/C11H17NO6/c1-7(10(15)16)4-5-9(14)12-8(11(17)18)3-2-6-13/h6-8H,2-5H2,1H3,(H,12,14)(H,15,16)(H,17,18)/t7-,8+/m0/s1. The van der Waals surface area contributed by atoms with Gasteiger partial charge in [0.15, 0.2) is 0 Å². The largest absolute Gasteiger partial charge is 0.481 e. The fourth-order valence-electron chi connectivity index (χ4n) is 1.23. The zero-order valence-corrected chi connectivity index (χ0v) is 10.1. The molecule has 0 fully saturated rings. The first-order valence-electron chi connectivity index (χ1n) is 5.57. The second kappa shape index (κ2) is 8.21. The average molecular weight is 259 g/mol. The van der Waals surface area contributed by atoms with Gasteiger partial charge in [0.25, 0.3) is 0 Å². The molecule has 0 aromatic carbocycles. The zero-order chi connectivity index (χ0) is 14.1. The van der Waals surface area contributed by atoms with Gasteiger partial charge in [0.2, 0.25) is 5.91 Å². The predicted octanol–water partition coefficient (Wildman–Crippen LogP) is 0.0358. The highest BCUT2D eigenvalue weighted by atomic mass is 16.4. The Balaban J connectivity index is 4.13. The van der Waals surface area contributed by atoms with Crippen LogP contribution in [0.25, 0.3) is 0 Å². The molecule has 0 spiro atoms. The van der Waals surface area contributed by atoms with Gasteiger partial charge in [-0.1, -0.05) is 6.92 Å². The van der Waals surface area contributed by atoms with Crippen LogP contribution in [0.5, 0.6) is 0 Å². The minimum absolute atomic E-state index is 0.0268. The second-order valence-corrected chi connectivity index (χ2v) is 3.98. The number of aliphatic carboxylic acids is 2. The number of amides is 1. The number of rotatable bonds is 9.